The Kier molecular flexibility index (Phi) is 5.23. The van der Waals surface area contributed by atoms with Gasteiger partial charge in [0, 0.05) is 65.1 Å². The number of aryl methyl sites for hydroxylation is 1. The van der Waals surface area contributed by atoms with Crippen molar-refractivity contribution in [2.75, 3.05) is 25.1 Å². The number of carbonyl (C=O) groups is 4. The van der Waals surface area contributed by atoms with Crippen LogP contribution in [-0.2, 0) is 11.8 Å². The third kappa shape index (κ3) is 3.46. The molecule has 5 N–H and O–H groups in total. The number of phenols is 2. The molecule has 5 aromatic rings. The first-order valence-corrected chi connectivity index (χ1v) is 15.4. The number of anilines is 1. The van der Waals surface area contributed by atoms with Crippen molar-refractivity contribution >= 4 is 50.9 Å². The molecule has 2 aromatic carbocycles. The van der Waals surface area contributed by atoms with Gasteiger partial charge in [-0.2, -0.15) is 0 Å². The molecule has 5 heterocycles. The van der Waals surface area contributed by atoms with Crippen molar-refractivity contribution < 1.29 is 34.1 Å². The van der Waals surface area contributed by atoms with Gasteiger partial charge in [0.2, 0.25) is 5.78 Å². The highest BCUT2D eigenvalue weighted by molar-refractivity contribution is 6.14. The summed E-state index contributed by atoms with van der Waals surface area (Å²) in [6.07, 6.45) is 2.75. The van der Waals surface area contributed by atoms with Crippen molar-refractivity contribution in [2.24, 2.45) is 5.92 Å². The summed E-state index contributed by atoms with van der Waals surface area (Å²) in [7, 11) is 1.45. The van der Waals surface area contributed by atoms with Crippen molar-refractivity contribution in [1.82, 2.24) is 19.9 Å². The standard InChI is InChI=1S/C35H29N5O7/c1-14-29-19(8-21(37-29)15(2)41)18-4-5-39(31(18)32(14)44)33(45)24-9-20-30(38-24)26(43)11-28-35(20)12-17(35)13-40(28)34(46)23-6-16-7-25(42)27(47-3)10-22(16)36-23/h6-11,17,36-38,42,44H,4-5,12-13H2,1-3H3/t17-,35?/m1/s1. The molecule has 12 nitrogen and oxygen atoms in total. The number of rotatable bonds is 4. The van der Waals surface area contributed by atoms with Crippen LogP contribution in [0.2, 0.25) is 0 Å². The van der Waals surface area contributed by atoms with E-state index in [0.29, 0.717) is 75.5 Å². The second-order valence-corrected chi connectivity index (χ2v) is 13.0. The molecule has 1 saturated heterocycles. The van der Waals surface area contributed by atoms with E-state index in [2.05, 4.69) is 15.0 Å². The number of nitrogens with zero attached hydrogens (tertiary/aromatic N) is 2. The molecule has 3 aromatic heterocycles. The van der Waals surface area contributed by atoms with Gasteiger partial charge < -0.3 is 39.7 Å². The number of amides is 2. The maximum atomic E-state index is 14.1. The summed E-state index contributed by atoms with van der Waals surface area (Å²) in [6, 6.07) is 8.33. The molecule has 9 rings (SSSR count). The number of fused-ring (bicyclic) bond motifs is 5. The summed E-state index contributed by atoms with van der Waals surface area (Å²) in [4.78, 5) is 66.0. The maximum Gasteiger partial charge on any atom is 0.274 e. The average molecular weight is 632 g/mol. The number of aromatic hydroxyl groups is 2. The molecule has 236 valence electrons. The van der Waals surface area contributed by atoms with Gasteiger partial charge >= 0.3 is 0 Å². The summed E-state index contributed by atoms with van der Waals surface area (Å²) in [5.74, 6) is -0.786. The van der Waals surface area contributed by atoms with Crippen LogP contribution >= 0.6 is 0 Å². The first-order valence-electron chi connectivity index (χ1n) is 15.4. The maximum absolute atomic E-state index is 14.1. The molecule has 1 saturated carbocycles. The number of ether oxygens (including phenoxy) is 1. The Bertz CT molecular complexity index is 2360. The van der Waals surface area contributed by atoms with E-state index < -0.39 is 5.41 Å². The number of nitrogens with one attached hydrogen (secondary N) is 3. The monoisotopic (exact) mass is 631 g/mol. The van der Waals surface area contributed by atoms with Gasteiger partial charge in [0.1, 0.15) is 17.1 Å². The molecule has 2 aliphatic heterocycles. The average Bonchev–Trinajstić information content (AvgIpc) is 3.68. The van der Waals surface area contributed by atoms with Crippen LogP contribution in [0.25, 0.3) is 21.8 Å². The van der Waals surface area contributed by atoms with Gasteiger partial charge in [-0.1, -0.05) is 0 Å². The normalized spacial score (nSPS) is 20.7. The molecule has 12 heteroatoms. The number of ketones is 2. The zero-order valence-corrected chi connectivity index (χ0v) is 25.7. The minimum Gasteiger partial charge on any atom is -0.505 e. The summed E-state index contributed by atoms with van der Waals surface area (Å²) in [5, 5.41) is 22.9. The number of benzene rings is 2. The Balaban J connectivity index is 1.05. The van der Waals surface area contributed by atoms with Gasteiger partial charge in [-0.05, 0) is 61.1 Å². The molecule has 1 spiro atoms. The van der Waals surface area contributed by atoms with E-state index >= 15 is 0 Å². The van der Waals surface area contributed by atoms with Crippen LogP contribution in [0.15, 0.2) is 42.1 Å². The second kappa shape index (κ2) is 8.93. The molecule has 2 amide bonds. The fourth-order valence-electron chi connectivity index (χ4n) is 8.15. The van der Waals surface area contributed by atoms with Gasteiger partial charge in [0.05, 0.1) is 29.7 Å². The lowest BCUT2D eigenvalue weighted by Gasteiger charge is -2.27. The topological polar surface area (TPSA) is 172 Å². The van der Waals surface area contributed by atoms with Crippen molar-refractivity contribution in [3.63, 3.8) is 0 Å². The highest BCUT2D eigenvalue weighted by Crippen LogP contribution is 2.67. The van der Waals surface area contributed by atoms with Crippen LogP contribution in [0.1, 0.15) is 72.0 Å². The molecule has 2 fully saturated rings. The third-order valence-corrected chi connectivity index (χ3v) is 10.6. The highest BCUT2D eigenvalue weighted by atomic mass is 16.5. The molecule has 0 bridgehead atoms. The number of piperidine rings is 1. The van der Waals surface area contributed by atoms with Crippen LogP contribution in [0.5, 0.6) is 17.2 Å². The Morgan fingerprint density at radius 1 is 0.979 bits per heavy atom. The van der Waals surface area contributed by atoms with E-state index in [1.165, 1.54) is 31.1 Å². The summed E-state index contributed by atoms with van der Waals surface area (Å²) in [5.41, 5.74) is 5.16. The lowest BCUT2D eigenvalue weighted by molar-refractivity contribution is 0.0805. The zero-order valence-electron chi connectivity index (χ0n) is 25.7. The molecule has 1 unspecified atom stereocenters. The summed E-state index contributed by atoms with van der Waals surface area (Å²) >= 11 is 0. The number of likely N-dealkylation sites (tertiary alicyclic amines) is 1. The predicted octanol–water partition coefficient (Wildman–Crippen LogP) is 4.60. The molecular formula is C35H29N5O7. The van der Waals surface area contributed by atoms with E-state index in [1.54, 1.807) is 36.1 Å². The molecule has 47 heavy (non-hydrogen) atoms. The molecule has 4 aliphatic rings. The molecule has 0 radical (unpaired) electrons. The predicted molar refractivity (Wildman–Crippen MR) is 171 cm³/mol. The van der Waals surface area contributed by atoms with Crippen LogP contribution in [0.3, 0.4) is 0 Å². The van der Waals surface area contributed by atoms with Crippen LogP contribution in [0.4, 0.5) is 5.69 Å². The number of allylic oxidation sites excluding steroid dienone is 2. The largest absolute Gasteiger partial charge is 0.505 e. The van der Waals surface area contributed by atoms with Crippen molar-refractivity contribution in [2.45, 2.75) is 32.1 Å². The SMILES string of the molecule is COc1cc2[nH]c(C(=O)N3C[C@H]4CC45C3=CC(=O)c3[nH]c(C(=O)N4CCc6c4c(O)c(C)c4[nH]c(C(C)=O)cc64)cc35)cc2cc1O. The number of Topliss-reactive ketones (excluding diaryl/α,β-unsaturated/α-hetero) is 1. The highest BCUT2D eigenvalue weighted by Gasteiger charge is 2.68. The van der Waals surface area contributed by atoms with E-state index in [0.717, 1.165) is 17.4 Å². The Morgan fingerprint density at radius 2 is 1.74 bits per heavy atom. The first kappa shape index (κ1) is 27.5. The number of phenolic OH excluding ortho intramolecular Hbond substituents is 2. The van der Waals surface area contributed by atoms with Crippen molar-refractivity contribution in [3.05, 3.63) is 81.6 Å². The molecular weight excluding hydrogens is 602 g/mol. The minimum atomic E-state index is -0.552. The van der Waals surface area contributed by atoms with Gasteiger partial charge in [0.25, 0.3) is 11.8 Å². The van der Waals surface area contributed by atoms with Gasteiger partial charge in [-0.25, -0.2) is 0 Å². The zero-order chi connectivity index (χ0) is 32.7. The number of hydrogen-bond donors (Lipinski definition) is 5. The Labute approximate surface area is 266 Å². The fraction of sp³-hybridized carbons (Fsp3) is 0.257. The number of aromatic amines is 3. The van der Waals surface area contributed by atoms with Gasteiger partial charge in [-0.15, -0.1) is 0 Å². The Morgan fingerprint density at radius 3 is 2.51 bits per heavy atom. The fourth-order valence-corrected chi connectivity index (χ4v) is 8.15. The third-order valence-electron chi connectivity index (χ3n) is 10.6. The summed E-state index contributed by atoms with van der Waals surface area (Å²) < 4.78 is 5.20. The van der Waals surface area contributed by atoms with Crippen LogP contribution < -0.4 is 9.64 Å². The summed E-state index contributed by atoms with van der Waals surface area (Å²) in [6.45, 7) is 3.97. The Hall–Kier alpha value is -5.78. The second-order valence-electron chi connectivity index (χ2n) is 13.0. The smallest absolute Gasteiger partial charge is 0.274 e. The number of methoxy groups -OCH3 is 1. The van der Waals surface area contributed by atoms with Crippen LogP contribution in [0, 0.1) is 12.8 Å². The van der Waals surface area contributed by atoms with Gasteiger partial charge in [-0.3, -0.25) is 19.2 Å². The van der Waals surface area contributed by atoms with Crippen LogP contribution in [-0.4, -0.2) is 73.6 Å². The number of H-pyrrole nitrogens is 3. The number of aromatic nitrogens is 3. The molecule has 2 aliphatic carbocycles. The quantitative estimate of drug-likeness (QED) is 0.180. The van der Waals surface area contributed by atoms with E-state index in [9.17, 15) is 29.4 Å². The lowest BCUT2D eigenvalue weighted by Crippen LogP contribution is -2.33. The van der Waals surface area contributed by atoms with E-state index in [-0.39, 0.29) is 52.2 Å². The van der Waals surface area contributed by atoms with Crippen molar-refractivity contribution in [3.8, 4) is 17.2 Å². The first-order chi connectivity index (χ1) is 22.5. The minimum absolute atomic E-state index is 0.0249. The van der Waals surface area contributed by atoms with Gasteiger partial charge in [0.15, 0.2) is 17.3 Å². The van der Waals surface area contributed by atoms with E-state index in [4.69, 9.17) is 4.74 Å². The lowest BCUT2D eigenvalue weighted by atomic mass is 9.85. The number of hydrogen-bond acceptors (Lipinski definition) is 7. The number of carbonyl (C=O) groups excluding carboxylic acids is 4. The van der Waals surface area contributed by atoms with E-state index in [1.807, 2.05) is 0 Å². The van der Waals surface area contributed by atoms with Crippen molar-refractivity contribution in [1.29, 1.82) is 0 Å². The molecule has 2 atom stereocenters.